The number of nitrogens with zero attached hydrogens (tertiary/aromatic N) is 2. The minimum absolute atomic E-state index is 0.114. The van der Waals surface area contributed by atoms with E-state index in [0.717, 1.165) is 5.69 Å². The van der Waals surface area contributed by atoms with Crippen LogP contribution in [0.4, 0.5) is 0 Å². The van der Waals surface area contributed by atoms with E-state index in [1.807, 2.05) is 0 Å². The molecule has 0 aromatic carbocycles. The van der Waals surface area contributed by atoms with Gasteiger partial charge in [0.25, 0.3) is 9.05 Å². The Hall–Kier alpha value is -0.550. The van der Waals surface area contributed by atoms with Crippen molar-refractivity contribution in [2.75, 3.05) is 0 Å². The number of imidazole rings is 1. The van der Waals surface area contributed by atoms with Crippen LogP contribution >= 0.6 is 10.7 Å². The van der Waals surface area contributed by atoms with Gasteiger partial charge in [-0.25, -0.2) is 13.4 Å². The third kappa shape index (κ3) is 1.54. The van der Waals surface area contributed by atoms with Crippen LogP contribution < -0.4 is 0 Å². The first-order chi connectivity index (χ1) is 4.93. The van der Waals surface area contributed by atoms with Gasteiger partial charge in [-0.3, -0.25) is 0 Å². The maximum Gasteiger partial charge on any atom is 0.295 e. The van der Waals surface area contributed by atoms with Crippen molar-refractivity contribution < 1.29 is 8.42 Å². The van der Waals surface area contributed by atoms with Crippen LogP contribution in [-0.4, -0.2) is 18.0 Å². The third-order valence-corrected chi connectivity index (χ3v) is 2.63. The molecule has 0 unspecified atom stereocenters. The van der Waals surface area contributed by atoms with Crippen molar-refractivity contribution in [3.05, 3.63) is 11.9 Å². The lowest BCUT2D eigenvalue weighted by molar-refractivity contribution is 0.592. The lowest BCUT2D eigenvalue weighted by Crippen LogP contribution is -2.02. The number of rotatable bonds is 1. The van der Waals surface area contributed by atoms with Crippen molar-refractivity contribution in [2.24, 2.45) is 7.05 Å². The molecular weight excluding hydrogens is 188 g/mol. The number of hydrogen-bond donors (Lipinski definition) is 0. The molecule has 0 N–H and O–H groups in total. The van der Waals surface area contributed by atoms with Gasteiger partial charge < -0.3 is 4.57 Å². The van der Waals surface area contributed by atoms with E-state index in [0.29, 0.717) is 0 Å². The van der Waals surface area contributed by atoms with Gasteiger partial charge in [0.15, 0.2) is 0 Å². The number of halogens is 1. The van der Waals surface area contributed by atoms with Crippen molar-refractivity contribution in [1.82, 2.24) is 9.55 Å². The van der Waals surface area contributed by atoms with E-state index < -0.39 is 9.05 Å². The van der Waals surface area contributed by atoms with Gasteiger partial charge in [0.2, 0.25) is 5.16 Å². The van der Waals surface area contributed by atoms with Crippen LogP contribution in [0, 0.1) is 6.92 Å². The van der Waals surface area contributed by atoms with Crippen LogP contribution in [0.25, 0.3) is 0 Å². The summed E-state index contributed by atoms with van der Waals surface area (Å²) in [4.78, 5) is 3.63. The Balaban J connectivity index is 3.38. The summed E-state index contributed by atoms with van der Waals surface area (Å²) in [5, 5.41) is -0.114. The maximum atomic E-state index is 10.7. The average molecular weight is 195 g/mol. The minimum atomic E-state index is -3.69. The number of aromatic nitrogens is 2. The summed E-state index contributed by atoms with van der Waals surface area (Å²) in [5.74, 6) is 0. The van der Waals surface area contributed by atoms with Gasteiger partial charge in [-0.2, -0.15) is 0 Å². The van der Waals surface area contributed by atoms with E-state index in [1.54, 1.807) is 14.0 Å². The highest BCUT2D eigenvalue weighted by Gasteiger charge is 2.16. The molecule has 0 radical (unpaired) electrons. The standard InChI is InChI=1S/C5H7ClN2O2S/c1-4-3-7-5(8(4)2)11(6,9)10/h3H,1-2H3. The van der Waals surface area contributed by atoms with Crippen LogP contribution in [0.1, 0.15) is 5.69 Å². The summed E-state index contributed by atoms with van der Waals surface area (Å²) in [5.41, 5.74) is 0.754. The van der Waals surface area contributed by atoms with Crippen molar-refractivity contribution in [3.63, 3.8) is 0 Å². The number of hydrogen-bond acceptors (Lipinski definition) is 3. The summed E-state index contributed by atoms with van der Waals surface area (Å²) in [7, 11) is 2.97. The molecule has 0 aliphatic rings. The average Bonchev–Trinajstić information content (AvgIpc) is 2.11. The van der Waals surface area contributed by atoms with Gasteiger partial charge in [0, 0.05) is 29.6 Å². The summed E-state index contributed by atoms with van der Waals surface area (Å²) in [6.07, 6.45) is 1.45. The third-order valence-electron chi connectivity index (χ3n) is 1.40. The second-order valence-corrected chi connectivity index (χ2v) is 4.64. The van der Waals surface area contributed by atoms with Crippen molar-refractivity contribution in [1.29, 1.82) is 0 Å². The molecule has 0 spiro atoms. The molecule has 0 saturated heterocycles. The Morgan fingerprint density at radius 1 is 1.64 bits per heavy atom. The van der Waals surface area contributed by atoms with Gasteiger partial charge in [-0.1, -0.05) is 0 Å². The molecule has 1 aromatic heterocycles. The molecule has 0 saturated carbocycles. The molecule has 1 heterocycles. The van der Waals surface area contributed by atoms with E-state index in [-0.39, 0.29) is 5.16 Å². The molecular formula is C5H7ClN2O2S. The Morgan fingerprint density at radius 3 is 2.36 bits per heavy atom. The first-order valence-corrected chi connectivity index (χ1v) is 5.17. The molecule has 11 heavy (non-hydrogen) atoms. The van der Waals surface area contributed by atoms with Gasteiger partial charge in [0.05, 0.1) is 0 Å². The zero-order chi connectivity index (χ0) is 8.65. The number of aryl methyl sites for hydroxylation is 1. The fraction of sp³-hybridized carbons (Fsp3) is 0.400. The Bertz CT molecular complexity index is 368. The second-order valence-electron chi connectivity index (χ2n) is 2.18. The Labute approximate surface area is 69.2 Å². The predicted molar refractivity (Wildman–Crippen MR) is 41.0 cm³/mol. The van der Waals surface area contributed by atoms with E-state index in [1.165, 1.54) is 10.8 Å². The monoisotopic (exact) mass is 194 g/mol. The van der Waals surface area contributed by atoms with E-state index in [2.05, 4.69) is 4.98 Å². The summed E-state index contributed by atoms with van der Waals surface area (Å²) in [6, 6.07) is 0. The Kier molecular flexibility index (Phi) is 1.94. The van der Waals surface area contributed by atoms with E-state index in [9.17, 15) is 8.42 Å². The Morgan fingerprint density at radius 2 is 2.18 bits per heavy atom. The van der Waals surface area contributed by atoms with Crippen molar-refractivity contribution >= 4 is 19.7 Å². The predicted octanol–water partition coefficient (Wildman–Crippen LogP) is 0.656. The van der Waals surface area contributed by atoms with Crippen LogP contribution in [0.5, 0.6) is 0 Å². The van der Waals surface area contributed by atoms with Crippen LogP contribution in [0.15, 0.2) is 11.4 Å². The zero-order valence-electron chi connectivity index (χ0n) is 6.07. The largest absolute Gasteiger partial charge is 0.321 e. The van der Waals surface area contributed by atoms with Gasteiger partial charge in [0.1, 0.15) is 0 Å². The SMILES string of the molecule is Cc1cnc(S(=O)(=O)Cl)n1C. The molecule has 4 nitrogen and oxygen atoms in total. The molecule has 0 aliphatic heterocycles. The maximum absolute atomic E-state index is 10.7. The summed E-state index contributed by atoms with van der Waals surface area (Å²) < 4.78 is 22.9. The lowest BCUT2D eigenvalue weighted by atomic mass is 10.5. The van der Waals surface area contributed by atoms with Crippen LogP contribution in [0.3, 0.4) is 0 Å². The van der Waals surface area contributed by atoms with E-state index in [4.69, 9.17) is 10.7 Å². The van der Waals surface area contributed by atoms with E-state index >= 15 is 0 Å². The van der Waals surface area contributed by atoms with Crippen molar-refractivity contribution in [2.45, 2.75) is 12.1 Å². The topological polar surface area (TPSA) is 52.0 Å². The molecule has 0 bridgehead atoms. The van der Waals surface area contributed by atoms with Gasteiger partial charge in [-0.15, -0.1) is 0 Å². The molecule has 62 valence electrons. The van der Waals surface area contributed by atoms with Gasteiger partial charge >= 0.3 is 0 Å². The first kappa shape index (κ1) is 8.55. The first-order valence-electron chi connectivity index (χ1n) is 2.86. The summed E-state index contributed by atoms with van der Waals surface area (Å²) in [6.45, 7) is 1.75. The highest BCUT2D eigenvalue weighted by Crippen LogP contribution is 2.12. The highest BCUT2D eigenvalue weighted by molar-refractivity contribution is 8.13. The fourth-order valence-electron chi connectivity index (χ4n) is 0.699. The zero-order valence-corrected chi connectivity index (χ0v) is 7.65. The van der Waals surface area contributed by atoms with Crippen molar-refractivity contribution in [3.8, 4) is 0 Å². The molecule has 1 rings (SSSR count). The second kappa shape index (κ2) is 2.49. The summed E-state index contributed by atoms with van der Waals surface area (Å²) >= 11 is 0. The minimum Gasteiger partial charge on any atom is -0.321 e. The smallest absolute Gasteiger partial charge is 0.295 e. The molecule has 6 heteroatoms. The lowest BCUT2D eigenvalue weighted by Gasteiger charge is -1.97. The molecule has 0 fully saturated rings. The fourth-order valence-corrected chi connectivity index (χ4v) is 1.78. The molecule has 0 atom stereocenters. The quantitative estimate of drug-likeness (QED) is 0.617. The van der Waals surface area contributed by atoms with Crippen LogP contribution in [0.2, 0.25) is 0 Å². The molecule has 0 aliphatic carbocycles. The highest BCUT2D eigenvalue weighted by atomic mass is 35.7. The van der Waals surface area contributed by atoms with Gasteiger partial charge in [-0.05, 0) is 6.92 Å². The molecule has 0 amide bonds. The van der Waals surface area contributed by atoms with Crippen LogP contribution in [-0.2, 0) is 16.1 Å². The normalized spacial score (nSPS) is 11.9. The molecule has 1 aromatic rings.